The number of halogens is 2. The molecular weight excluding hydrogens is 305 g/mol. The number of rotatable bonds is 4. The molecule has 0 heterocycles. The quantitative estimate of drug-likeness (QED) is 0.814. The van der Waals surface area contributed by atoms with Crippen LogP contribution < -0.4 is 5.32 Å². The van der Waals surface area contributed by atoms with Gasteiger partial charge in [-0.2, -0.15) is 0 Å². The molecule has 1 fully saturated rings. The molecule has 1 atom stereocenters. The van der Waals surface area contributed by atoms with Crippen molar-refractivity contribution in [2.75, 3.05) is 7.05 Å². The lowest BCUT2D eigenvalue weighted by atomic mass is 9.76. The highest BCUT2D eigenvalue weighted by Crippen LogP contribution is 2.39. The van der Waals surface area contributed by atoms with Crippen LogP contribution in [-0.2, 0) is 0 Å². The summed E-state index contributed by atoms with van der Waals surface area (Å²) in [5.41, 5.74) is 0.803. The number of hydrogen-bond donors (Lipinski definition) is 1. The number of benzene rings is 1. The smallest absolute Gasteiger partial charge is 0.142 e. The van der Waals surface area contributed by atoms with Crippen molar-refractivity contribution in [2.45, 2.75) is 45.1 Å². The van der Waals surface area contributed by atoms with Crippen molar-refractivity contribution in [2.24, 2.45) is 11.8 Å². The van der Waals surface area contributed by atoms with Crippen molar-refractivity contribution in [1.82, 2.24) is 5.32 Å². The lowest BCUT2D eigenvalue weighted by molar-refractivity contribution is 0.221. The summed E-state index contributed by atoms with van der Waals surface area (Å²) in [4.78, 5) is 0. The molecule has 1 aromatic rings. The largest absolute Gasteiger partial charge is 0.313 e. The van der Waals surface area contributed by atoms with Crippen LogP contribution in [0.1, 0.15) is 50.6 Å². The van der Waals surface area contributed by atoms with Gasteiger partial charge in [0.2, 0.25) is 0 Å². The summed E-state index contributed by atoms with van der Waals surface area (Å²) in [7, 11) is 1.94. The van der Waals surface area contributed by atoms with Gasteiger partial charge in [0.25, 0.3) is 0 Å². The van der Waals surface area contributed by atoms with E-state index in [1.54, 1.807) is 6.07 Å². The molecule has 3 heteroatoms. The third kappa shape index (κ3) is 3.38. The minimum atomic E-state index is -0.112. The van der Waals surface area contributed by atoms with Crippen molar-refractivity contribution in [1.29, 1.82) is 0 Å². The van der Waals surface area contributed by atoms with E-state index in [1.165, 1.54) is 32.1 Å². The minimum absolute atomic E-state index is 0.112. The van der Waals surface area contributed by atoms with Crippen LogP contribution in [0, 0.1) is 17.7 Å². The van der Waals surface area contributed by atoms with E-state index < -0.39 is 0 Å². The maximum absolute atomic E-state index is 14.2. The zero-order chi connectivity index (χ0) is 13.8. The summed E-state index contributed by atoms with van der Waals surface area (Å²) in [5, 5.41) is 3.33. The molecule has 0 aliphatic heterocycles. The molecule has 19 heavy (non-hydrogen) atoms. The van der Waals surface area contributed by atoms with Gasteiger partial charge in [0, 0.05) is 11.6 Å². The predicted octanol–water partition coefficient (Wildman–Crippen LogP) is 5.07. The summed E-state index contributed by atoms with van der Waals surface area (Å²) in [5.74, 6) is 1.32. The van der Waals surface area contributed by atoms with Crippen LogP contribution in [0.2, 0.25) is 0 Å². The fourth-order valence-electron chi connectivity index (χ4n) is 3.34. The Labute approximate surface area is 124 Å². The van der Waals surface area contributed by atoms with Gasteiger partial charge in [-0.15, -0.1) is 0 Å². The molecule has 2 rings (SSSR count). The van der Waals surface area contributed by atoms with E-state index in [9.17, 15) is 4.39 Å². The molecule has 0 aromatic heterocycles. The molecule has 0 amide bonds. The standard InChI is InChI=1S/C16H23BrFN/c1-3-11-7-9-12(10-8-11)16(19-2)13-5-4-6-14(17)15(13)18/h4-6,11-12,16,19H,3,7-10H2,1-2H3. The third-order valence-corrected chi connectivity index (χ3v) is 5.18. The summed E-state index contributed by atoms with van der Waals surface area (Å²) in [6.45, 7) is 2.27. The number of hydrogen-bond acceptors (Lipinski definition) is 1. The molecule has 1 aliphatic carbocycles. The molecule has 0 bridgehead atoms. The molecule has 1 N–H and O–H groups in total. The Morgan fingerprint density at radius 2 is 2.00 bits per heavy atom. The highest BCUT2D eigenvalue weighted by atomic mass is 79.9. The monoisotopic (exact) mass is 327 g/mol. The maximum Gasteiger partial charge on any atom is 0.142 e. The Balaban J connectivity index is 2.14. The second kappa shape index (κ2) is 6.85. The van der Waals surface area contributed by atoms with Crippen molar-refractivity contribution < 1.29 is 4.39 Å². The van der Waals surface area contributed by atoms with E-state index in [-0.39, 0.29) is 11.9 Å². The summed E-state index contributed by atoms with van der Waals surface area (Å²) < 4.78 is 14.8. The van der Waals surface area contributed by atoms with Crippen LogP contribution >= 0.6 is 15.9 Å². The average molecular weight is 328 g/mol. The zero-order valence-electron chi connectivity index (χ0n) is 11.8. The molecule has 0 radical (unpaired) electrons. The summed E-state index contributed by atoms with van der Waals surface area (Å²) in [6.07, 6.45) is 6.26. The molecule has 1 aromatic carbocycles. The van der Waals surface area contributed by atoms with Crippen LogP contribution in [0.25, 0.3) is 0 Å². The minimum Gasteiger partial charge on any atom is -0.313 e. The van der Waals surface area contributed by atoms with Gasteiger partial charge in [-0.25, -0.2) is 4.39 Å². The van der Waals surface area contributed by atoms with E-state index in [0.717, 1.165) is 11.5 Å². The molecule has 0 saturated heterocycles. The lowest BCUT2D eigenvalue weighted by Crippen LogP contribution is -2.29. The molecule has 1 aliphatic rings. The molecule has 0 spiro atoms. The third-order valence-electron chi connectivity index (χ3n) is 4.57. The van der Waals surface area contributed by atoms with E-state index in [2.05, 4.69) is 28.2 Å². The van der Waals surface area contributed by atoms with Gasteiger partial charge < -0.3 is 5.32 Å². The second-order valence-electron chi connectivity index (χ2n) is 5.60. The maximum atomic E-state index is 14.2. The first-order chi connectivity index (χ1) is 9.17. The van der Waals surface area contributed by atoms with Crippen molar-refractivity contribution in [3.8, 4) is 0 Å². The summed E-state index contributed by atoms with van der Waals surface area (Å²) >= 11 is 3.29. The Bertz CT molecular complexity index is 413. The lowest BCUT2D eigenvalue weighted by Gasteiger charge is -2.34. The predicted molar refractivity (Wildman–Crippen MR) is 81.6 cm³/mol. The molecule has 1 nitrogen and oxygen atoms in total. The Morgan fingerprint density at radius 1 is 1.32 bits per heavy atom. The van der Waals surface area contributed by atoms with E-state index in [0.29, 0.717) is 10.4 Å². The van der Waals surface area contributed by atoms with Crippen LogP contribution in [0.3, 0.4) is 0 Å². The Kier molecular flexibility index (Phi) is 5.40. The number of nitrogens with one attached hydrogen (secondary N) is 1. The Morgan fingerprint density at radius 3 is 2.58 bits per heavy atom. The van der Waals surface area contributed by atoms with Gasteiger partial charge in [-0.3, -0.25) is 0 Å². The van der Waals surface area contributed by atoms with Gasteiger partial charge in [0.05, 0.1) is 4.47 Å². The normalized spacial score (nSPS) is 25.3. The van der Waals surface area contributed by atoms with Crippen molar-refractivity contribution in [3.05, 3.63) is 34.1 Å². The Hall–Kier alpha value is -0.410. The topological polar surface area (TPSA) is 12.0 Å². The SMILES string of the molecule is CCC1CCC(C(NC)c2cccc(Br)c2F)CC1. The van der Waals surface area contributed by atoms with E-state index in [4.69, 9.17) is 0 Å². The molecule has 1 unspecified atom stereocenters. The van der Waals surface area contributed by atoms with Crippen LogP contribution in [-0.4, -0.2) is 7.05 Å². The molecule has 106 valence electrons. The van der Waals surface area contributed by atoms with Gasteiger partial charge in [-0.05, 0) is 53.7 Å². The van der Waals surface area contributed by atoms with E-state index in [1.807, 2.05) is 19.2 Å². The highest BCUT2D eigenvalue weighted by molar-refractivity contribution is 9.10. The zero-order valence-corrected chi connectivity index (χ0v) is 13.3. The van der Waals surface area contributed by atoms with E-state index >= 15 is 0 Å². The first-order valence-corrected chi connectivity index (χ1v) is 8.07. The molecular formula is C16H23BrFN. The highest BCUT2D eigenvalue weighted by Gasteiger charge is 2.29. The van der Waals surface area contributed by atoms with Crippen LogP contribution in [0.15, 0.2) is 22.7 Å². The van der Waals surface area contributed by atoms with Gasteiger partial charge in [-0.1, -0.05) is 38.3 Å². The molecule has 1 saturated carbocycles. The van der Waals surface area contributed by atoms with Crippen molar-refractivity contribution >= 4 is 15.9 Å². The van der Waals surface area contributed by atoms with Gasteiger partial charge in [0.15, 0.2) is 0 Å². The fourth-order valence-corrected chi connectivity index (χ4v) is 3.72. The summed E-state index contributed by atoms with van der Waals surface area (Å²) in [6, 6.07) is 5.73. The first kappa shape index (κ1) is 15.0. The van der Waals surface area contributed by atoms with Gasteiger partial charge in [0.1, 0.15) is 5.82 Å². The second-order valence-corrected chi connectivity index (χ2v) is 6.45. The first-order valence-electron chi connectivity index (χ1n) is 7.28. The average Bonchev–Trinajstić information content (AvgIpc) is 2.45. The van der Waals surface area contributed by atoms with Crippen LogP contribution in [0.4, 0.5) is 4.39 Å². The van der Waals surface area contributed by atoms with Gasteiger partial charge >= 0.3 is 0 Å². The van der Waals surface area contributed by atoms with Crippen molar-refractivity contribution in [3.63, 3.8) is 0 Å². The van der Waals surface area contributed by atoms with Crippen LogP contribution in [0.5, 0.6) is 0 Å². The fraction of sp³-hybridized carbons (Fsp3) is 0.625.